The van der Waals surface area contributed by atoms with Crippen LogP contribution in [0.1, 0.15) is 11.1 Å². The SMILES string of the molecule is Cc1ccc(Sc2ccc(NC(=O)Cn3ncc(Cl)c(Cl)c3=O)cc2)cc1C. The molecule has 2 aromatic carbocycles. The van der Waals surface area contributed by atoms with Gasteiger partial charge < -0.3 is 5.32 Å². The van der Waals surface area contributed by atoms with Gasteiger partial charge in [-0.15, -0.1) is 0 Å². The molecule has 28 heavy (non-hydrogen) atoms. The van der Waals surface area contributed by atoms with Crippen LogP contribution in [0.2, 0.25) is 10.0 Å². The number of anilines is 1. The van der Waals surface area contributed by atoms with Crippen molar-refractivity contribution in [3.63, 3.8) is 0 Å². The van der Waals surface area contributed by atoms with Gasteiger partial charge in [-0.05, 0) is 61.4 Å². The number of hydrogen-bond donors (Lipinski definition) is 1. The van der Waals surface area contributed by atoms with Gasteiger partial charge in [0.25, 0.3) is 5.56 Å². The lowest BCUT2D eigenvalue weighted by Gasteiger charge is -2.09. The lowest BCUT2D eigenvalue weighted by molar-refractivity contribution is -0.117. The molecule has 0 unspecified atom stereocenters. The lowest BCUT2D eigenvalue weighted by atomic mass is 10.1. The molecular weight excluding hydrogens is 417 g/mol. The van der Waals surface area contributed by atoms with Gasteiger partial charge in [-0.1, -0.05) is 41.0 Å². The predicted octanol–water partition coefficient (Wildman–Crippen LogP) is 4.96. The summed E-state index contributed by atoms with van der Waals surface area (Å²) in [7, 11) is 0. The summed E-state index contributed by atoms with van der Waals surface area (Å²) in [6, 6.07) is 13.8. The van der Waals surface area contributed by atoms with Crippen LogP contribution in [0.5, 0.6) is 0 Å². The molecular formula is C20H17Cl2N3O2S. The van der Waals surface area contributed by atoms with Gasteiger partial charge in [0.05, 0.1) is 11.2 Å². The zero-order chi connectivity index (χ0) is 20.3. The lowest BCUT2D eigenvalue weighted by Crippen LogP contribution is -2.29. The van der Waals surface area contributed by atoms with Crippen LogP contribution in [0.4, 0.5) is 5.69 Å². The third-order valence-electron chi connectivity index (χ3n) is 4.09. The second-order valence-corrected chi connectivity index (χ2v) is 8.12. The molecule has 1 heterocycles. The Morgan fingerprint density at radius 1 is 1.07 bits per heavy atom. The molecule has 3 aromatic rings. The molecule has 1 aromatic heterocycles. The number of aryl methyl sites for hydroxylation is 2. The Balaban J connectivity index is 1.64. The maximum atomic E-state index is 12.2. The minimum atomic E-state index is -0.607. The van der Waals surface area contributed by atoms with Crippen LogP contribution in [-0.4, -0.2) is 15.7 Å². The summed E-state index contributed by atoms with van der Waals surface area (Å²) in [6.45, 7) is 3.92. The number of amides is 1. The maximum absolute atomic E-state index is 12.2. The van der Waals surface area contributed by atoms with Crippen molar-refractivity contribution in [3.05, 3.63) is 80.2 Å². The van der Waals surface area contributed by atoms with Gasteiger partial charge in [0.1, 0.15) is 11.6 Å². The topological polar surface area (TPSA) is 64.0 Å². The summed E-state index contributed by atoms with van der Waals surface area (Å²) in [5.74, 6) is -0.387. The Labute approximate surface area is 176 Å². The van der Waals surface area contributed by atoms with E-state index >= 15 is 0 Å². The largest absolute Gasteiger partial charge is 0.324 e. The fourth-order valence-electron chi connectivity index (χ4n) is 2.41. The third-order valence-corrected chi connectivity index (χ3v) is 5.83. The molecule has 3 rings (SSSR count). The Bertz CT molecular complexity index is 1080. The van der Waals surface area contributed by atoms with E-state index in [0.717, 1.165) is 14.5 Å². The predicted molar refractivity (Wildman–Crippen MR) is 114 cm³/mol. The number of benzene rings is 2. The Morgan fingerprint density at radius 3 is 2.43 bits per heavy atom. The first-order valence-electron chi connectivity index (χ1n) is 8.39. The Hall–Kier alpha value is -2.28. The number of halogens is 2. The molecule has 0 saturated heterocycles. The van der Waals surface area contributed by atoms with Crippen LogP contribution in [0.25, 0.3) is 0 Å². The van der Waals surface area contributed by atoms with Crippen molar-refractivity contribution < 1.29 is 4.79 Å². The van der Waals surface area contributed by atoms with Gasteiger partial charge in [-0.2, -0.15) is 5.10 Å². The van der Waals surface area contributed by atoms with Crippen LogP contribution >= 0.6 is 35.0 Å². The van der Waals surface area contributed by atoms with Crippen LogP contribution in [0.3, 0.4) is 0 Å². The van der Waals surface area contributed by atoms with E-state index in [9.17, 15) is 9.59 Å². The van der Waals surface area contributed by atoms with E-state index in [-0.39, 0.29) is 22.5 Å². The first kappa shape index (κ1) is 20.5. The molecule has 5 nitrogen and oxygen atoms in total. The number of carbonyl (C=O) groups is 1. The second kappa shape index (κ2) is 8.82. The van der Waals surface area contributed by atoms with Gasteiger partial charge in [0.15, 0.2) is 0 Å². The molecule has 0 spiro atoms. The Morgan fingerprint density at radius 2 is 1.75 bits per heavy atom. The fraction of sp³-hybridized carbons (Fsp3) is 0.150. The minimum absolute atomic E-state index is 0.0557. The molecule has 0 fully saturated rings. The zero-order valence-corrected chi connectivity index (χ0v) is 17.5. The van der Waals surface area contributed by atoms with Crippen molar-refractivity contribution >= 4 is 46.6 Å². The highest BCUT2D eigenvalue weighted by atomic mass is 35.5. The summed E-state index contributed by atoms with van der Waals surface area (Å²) in [4.78, 5) is 26.3. The summed E-state index contributed by atoms with van der Waals surface area (Å²) in [5.41, 5.74) is 2.53. The summed E-state index contributed by atoms with van der Waals surface area (Å²) >= 11 is 13.2. The van der Waals surface area contributed by atoms with Crippen molar-refractivity contribution in [3.8, 4) is 0 Å². The van der Waals surface area contributed by atoms with Crippen LogP contribution in [0, 0.1) is 13.8 Å². The van der Waals surface area contributed by atoms with Crippen LogP contribution in [0.15, 0.2) is 63.2 Å². The third kappa shape index (κ3) is 4.95. The molecule has 0 aliphatic rings. The van der Waals surface area contributed by atoms with Crippen molar-refractivity contribution in [1.82, 2.24) is 9.78 Å². The zero-order valence-electron chi connectivity index (χ0n) is 15.2. The number of rotatable bonds is 5. The maximum Gasteiger partial charge on any atom is 0.287 e. The van der Waals surface area contributed by atoms with Gasteiger partial charge >= 0.3 is 0 Å². The molecule has 0 saturated carbocycles. The summed E-state index contributed by atoms with van der Waals surface area (Å²) < 4.78 is 0.966. The number of aromatic nitrogens is 2. The van der Waals surface area contributed by atoms with Gasteiger partial charge in [0.2, 0.25) is 5.91 Å². The second-order valence-electron chi connectivity index (χ2n) is 6.19. The molecule has 8 heteroatoms. The molecule has 0 bridgehead atoms. The number of hydrogen-bond acceptors (Lipinski definition) is 4. The highest BCUT2D eigenvalue weighted by molar-refractivity contribution is 7.99. The summed E-state index contributed by atoms with van der Waals surface area (Å²) in [5, 5.41) is 6.45. The smallest absolute Gasteiger partial charge is 0.287 e. The first-order valence-corrected chi connectivity index (χ1v) is 9.97. The van der Waals surface area contributed by atoms with E-state index in [1.54, 1.807) is 11.8 Å². The van der Waals surface area contributed by atoms with E-state index in [0.29, 0.717) is 5.69 Å². The average Bonchev–Trinajstić information content (AvgIpc) is 2.67. The van der Waals surface area contributed by atoms with Crippen molar-refractivity contribution in [2.75, 3.05) is 5.32 Å². The molecule has 0 atom stereocenters. The molecule has 1 N–H and O–H groups in total. The normalized spacial score (nSPS) is 10.7. The highest BCUT2D eigenvalue weighted by Crippen LogP contribution is 2.29. The minimum Gasteiger partial charge on any atom is -0.324 e. The molecule has 0 radical (unpaired) electrons. The van der Waals surface area contributed by atoms with E-state index in [4.69, 9.17) is 23.2 Å². The first-order chi connectivity index (χ1) is 13.3. The standard InChI is InChI=1S/C20H17Cl2N3O2S/c1-12-3-6-16(9-13(12)2)28-15-7-4-14(5-8-15)24-18(26)11-25-20(27)19(22)17(21)10-23-25/h3-10H,11H2,1-2H3,(H,24,26). The van der Waals surface area contributed by atoms with Gasteiger partial charge in [-0.25, -0.2) is 4.68 Å². The van der Waals surface area contributed by atoms with Crippen molar-refractivity contribution in [1.29, 1.82) is 0 Å². The Kier molecular flexibility index (Phi) is 6.44. The van der Waals surface area contributed by atoms with E-state index < -0.39 is 5.56 Å². The summed E-state index contributed by atoms with van der Waals surface area (Å²) in [6.07, 6.45) is 1.23. The van der Waals surface area contributed by atoms with E-state index in [2.05, 4.69) is 42.5 Å². The van der Waals surface area contributed by atoms with Crippen molar-refractivity contribution in [2.24, 2.45) is 0 Å². The van der Waals surface area contributed by atoms with E-state index in [1.807, 2.05) is 24.3 Å². The number of nitrogens with one attached hydrogen (secondary N) is 1. The van der Waals surface area contributed by atoms with Gasteiger partial charge in [0, 0.05) is 15.5 Å². The molecule has 0 aliphatic heterocycles. The van der Waals surface area contributed by atoms with Crippen LogP contribution in [-0.2, 0) is 11.3 Å². The number of carbonyl (C=O) groups excluding carboxylic acids is 1. The molecule has 144 valence electrons. The molecule has 1 amide bonds. The van der Waals surface area contributed by atoms with E-state index in [1.165, 1.54) is 17.3 Å². The molecule has 0 aliphatic carbocycles. The van der Waals surface area contributed by atoms with Gasteiger partial charge in [-0.3, -0.25) is 9.59 Å². The highest BCUT2D eigenvalue weighted by Gasteiger charge is 2.11. The average molecular weight is 434 g/mol. The van der Waals surface area contributed by atoms with Crippen LogP contribution < -0.4 is 10.9 Å². The number of nitrogens with zero attached hydrogens (tertiary/aromatic N) is 2. The van der Waals surface area contributed by atoms with Crippen molar-refractivity contribution in [2.45, 2.75) is 30.2 Å². The quantitative estimate of drug-likeness (QED) is 0.617. The monoisotopic (exact) mass is 433 g/mol. The fourth-order valence-corrected chi connectivity index (χ4v) is 3.60.